The molecule has 0 aliphatic carbocycles. The topological polar surface area (TPSA) is 77.1 Å². The maximum absolute atomic E-state index is 12.9. The van der Waals surface area contributed by atoms with E-state index >= 15 is 0 Å². The van der Waals surface area contributed by atoms with Crippen molar-refractivity contribution >= 4 is 17.4 Å². The Hall–Kier alpha value is -3.06. The zero-order valence-corrected chi connectivity index (χ0v) is 17.1. The lowest BCUT2D eigenvalue weighted by atomic mass is 9.88. The molecule has 1 fully saturated rings. The largest absolute Gasteiger partial charge is 0.495 e. The van der Waals surface area contributed by atoms with Crippen LogP contribution in [0, 0.1) is 5.92 Å². The van der Waals surface area contributed by atoms with Crippen molar-refractivity contribution < 1.29 is 23.8 Å². The van der Waals surface area contributed by atoms with Gasteiger partial charge in [0.25, 0.3) is 0 Å². The van der Waals surface area contributed by atoms with Crippen molar-refractivity contribution in [3.05, 3.63) is 48.0 Å². The number of ether oxygens (including phenoxy) is 3. The Morgan fingerprint density at radius 3 is 2.57 bits per heavy atom. The van der Waals surface area contributed by atoms with Gasteiger partial charge in [-0.3, -0.25) is 14.5 Å². The number of fused-ring (bicyclic) bond motifs is 1. The van der Waals surface area contributed by atoms with Crippen LogP contribution >= 0.6 is 0 Å². The molecule has 1 N–H and O–H groups in total. The van der Waals surface area contributed by atoms with E-state index in [9.17, 15) is 9.59 Å². The molecule has 1 saturated heterocycles. The van der Waals surface area contributed by atoms with Gasteiger partial charge in [0.05, 0.1) is 19.3 Å². The molecule has 2 aliphatic heterocycles. The molecule has 4 rings (SSSR count). The Balaban J connectivity index is 1.29. The summed E-state index contributed by atoms with van der Waals surface area (Å²) in [6.07, 6.45) is 1.46. The van der Waals surface area contributed by atoms with Crippen LogP contribution in [0.3, 0.4) is 0 Å². The molecule has 0 saturated carbocycles. The molecule has 158 valence electrons. The number of carbonyl (C=O) groups excluding carboxylic acids is 2. The van der Waals surface area contributed by atoms with Crippen LogP contribution in [0.1, 0.15) is 23.2 Å². The molecule has 30 heavy (non-hydrogen) atoms. The number of hydrogen-bond donors (Lipinski definition) is 1. The lowest BCUT2D eigenvalue weighted by Crippen LogP contribution is -2.40. The van der Waals surface area contributed by atoms with Gasteiger partial charge in [0.2, 0.25) is 5.91 Å². The van der Waals surface area contributed by atoms with Crippen molar-refractivity contribution in [1.82, 2.24) is 4.90 Å². The average molecular weight is 410 g/mol. The summed E-state index contributed by atoms with van der Waals surface area (Å²) in [4.78, 5) is 27.4. The van der Waals surface area contributed by atoms with Crippen LogP contribution in [0.25, 0.3) is 0 Å². The number of amides is 1. The van der Waals surface area contributed by atoms with Crippen molar-refractivity contribution in [1.29, 1.82) is 0 Å². The number of likely N-dealkylation sites (tertiary alicyclic amines) is 1. The Morgan fingerprint density at radius 2 is 1.80 bits per heavy atom. The minimum atomic E-state index is -0.0869. The van der Waals surface area contributed by atoms with Crippen LogP contribution in [-0.4, -0.2) is 56.5 Å². The molecule has 0 atom stereocenters. The van der Waals surface area contributed by atoms with Crippen LogP contribution < -0.4 is 19.5 Å². The number of piperidine rings is 1. The highest BCUT2D eigenvalue weighted by Crippen LogP contribution is 2.32. The number of nitrogens with one attached hydrogen (secondary N) is 1. The average Bonchev–Trinajstić information content (AvgIpc) is 2.79. The molecule has 0 spiro atoms. The van der Waals surface area contributed by atoms with Gasteiger partial charge in [-0.15, -0.1) is 0 Å². The summed E-state index contributed by atoms with van der Waals surface area (Å²) >= 11 is 0. The van der Waals surface area contributed by atoms with E-state index in [0.717, 1.165) is 12.8 Å². The van der Waals surface area contributed by atoms with Gasteiger partial charge in [-0.25, -0.2) is 0 Å². The predicted molar refractivity (Wildman–Crippen MR) is 113 cm³/mol. The van der Waals surface area contributed by atoms with E-state index in [4.69, 9.17) is 14.2 Å². The first-order valence-corrected chi connectivity index (χ1v) is 10.2. The summed E-state index contributed by atoms with van der Waals surface area (Å²) < 4.78 is 16.4. The first-order chi connectivity index (χ1) is 14.6. The molecule has 0 radical (unpaired) electrons. The second-order valence-corrected chi connectivity index (χ2v) is 7.52. The minimum Gasteiger partial charge on any atom is -0.495 e. The van der Waals surface area contributed by atoms with Crippen molar-refractivity contribution in [3.8, 4) is 17.2 Å². The van der Waals surface area contributed by atoms with E-state index in [-0.39, 0.29) is 17.6 Å². The summed E-state index contributed by atoms with van der Waals surface area (Å²) in [5.41, 5.74) is 1.32. The van der Waals surface area contributed by atoms with Crippen LogP contribution in [0.4, 0.5) is 5.69 Å². The van der Waals surface area contributed by atoms with Crippen LogP contribution in [0.15, 0.2) is 42.5 Å². The smallest absolute Gasteiger partial charge is 0.238 e. The number of methoxy groups -OCH3 is 1. The molecule has 7 nitrogen and oxygen atoms in total. The molecule has 7 heteroatoms. The highest BCUT2D eigenvalue weighted by Gasteiger charge is 2.27. The van der Waals surface area contributed by atoms with Crippen molar-refractivity contribution in [2.24, 2.45) is 5.92 Å². The number of benzene rings is 2. The highest BCUT2D eigenvalue weighted by molar-refractivity contribution is 5.98. The Labute approximate surface area is 175 Å². The van der Waals surface area contributed by atoms with Gasteiger partial charge in [0.15, 0.2) is 17.3 Å². The molecule has 0 aromatic heterocycles. The third kappa shape index (κ3) is 4.57. The molecular formula is C23H26N2O5. The Kier molecular flexibility index (Phi) is 6.18. The fraction of sp³-hybridized carbons (Fsp3) is 0.391. The molecule has 2 aliphatic rings. The first kappa shape index (κ1) is 20.2. The molecular weight excluding hydrogens is 384 g/mol. The van der Waals surface area contributed by atoms with Crippen LogP contribution in [0.2, 0.25) is 0 Å². The van der Waals surface area contributed by atoms with Gasteiger partial charge in [-0.2, -0.15) is 0 Å². The van der Waals surface area contributed by atoms with Gasteiger partial charge >= 0.3 is 0 Å². The summed E-state index contributed by atoms with van der Waals surface area (Å²) in [6.45, 7) is 2.74. The zero-order valence-electron chi connectivity index (χ0n) is 17.1. The van der Waals surface area contributed by atoms with Crippen LogP contribution in [-0.2, 0) is 4.79 Å². The Bertz CT molecular complexity index is 922. The van der Waals surface area contributed by atoms with Crippen molar-refractivity contribution in [2.45, 2.75) is 12.8 Å². The third-order valence-corrected chi connectivity index (χ3v) is 5.53. The number of anilines is 1. The summed E-state index contributed by atoms with van der Waals surface area (Å²) in [6, 6.07) is 12.7. The van der Waals surface area contributed by atoms with Crippen molar-refractivity contribution in [2.75, 3.05) is 45.3 Å². The molecule has 0 unspecified atom stereocenters. The second kappa shape index (κ2) is 9.17. The normalized spacial score (nSPS) is 16.7. The second-order valence-electron chi connectivity index (χ2n) is 7.52. The van der Waals surface area contributed by atoms with Gasteiger partial charge in [-0.1, -0.05) is 12.1 Å². The lowest BCUT2D eigenvalue weighted by Gasteiger charge is -2.31. The third-order valence-electron chi connectivity index (χ3n) is 5.53. The number of nitrogens with zero attached hydrogens (tertiary/aromatic N) is 1. The Morgan fingerprint density at radius 1 is 1.07 bits per heavy atom. The minimum absolute atomic E-state index is 0.0407. The number of para-hydroxylation sites is 2. The van der Waals surface area contributed by atoms with E-state index in [2.05, 4.69) is 10.2 Å². The number of Topliss-reactive ketones (excluding diaryl/α,β-unsaturated/α-hetero) is 1. The maximum atomic E-state index is 12.9. The molecule has 2 aromatic rings. The van der Waals surface area contributed by atoms with E-state index in [1.807, 2.05) is 30.3 Å². The van der Waals surface area contributed by atoms with E-state index in [1.165, 1.54) is 0 Å². The molecule has 2 heterocycles. The molecule has 2 aromatic carbocycles. The first-order valence-electron chi connectivity index (χ1n) is 10.2. The summed E-state index contributed by atoms with van der Waals surface area (Å²) in [7, 11) is 1.58. The zero-order chi connectivity index (χ0) is 20.9. The number of hydrogen-bond acceptors (Lipinski definition) is 6. The van der Waals surface area contributed by atoms with Gasteiger partial charge < -0.3 is 19.5 Å². The number of carbonyl (C=O) groups is 2. The fourth-order valence-corrected chi connectivity index (χ4v) is 3.93. The number of rotatable bonds is 6. The van der Waals surface area contributed by atoms with E-state index in [1.54, 1.807) is 19.2 Å². The number of ketones is 1. The van der Waals surface area contributed by atoms with E-state index < -0.39 is 0 Å². The fourth-order valence-electron chi connectivity index (χ4n) is 3.93. The van der Waals surface area contributed by atoms with Gasteiger partial charge in [-0.05, 0) is 56.3 Å². The molecule has 1 amide bonds. The quantitative estimate of drug-likeness (QED) is 0.738. The standard InChI is InChI=1S/C23H26N2O5/c1-28-19-5-3-2-4-18(19)24-22(26)15-25-10-8-16(9-11-25)23(27)17-6-7-20-21(14-17)30-13-12-29-20/h2-7,14,16H,8-13,15H2,1H3,(H,24,26). The lowest BCUT2D eigenvalue weighted by molar-refractivity contribution is -0.117. The van der Waals surface area contributed by atoms with Gasteiger partial charge in [0, 0.05) is 11.5 Å². The predicted octanol–water partition coefficient (Wildman–Crippen LogP) is 3.00. The monoisotopic (exact) mass is 410 g/mol. The SMILES string of the molecule is COc1ccccc1NC(=O)CN1CCC(C(=O)c2ccc3c(c2)OCCO3)CC1. The molecule has 0 bridgehead atoms. The summed E-state index contributed by atoms with van der Waals surface area (Å²) in [5.74, 6) is 1.96. The summed E-state index contributed by atoms with van der Waals surface area (Å²) in [5, 5.41) is 2.90. The van der Waals surface area contributed by atoms with Gasteiger partial charge in [0.1, 0.15) is 19.0 Å². The maximum Gasteiger partial charge on any atom is 0.238 e. The van der Waals surface area contributed by atoms with Crippen LogP contribution in [0.5, 0.6) is 17.2 Å². The van der Waals surface area contributed by atoms with E-state index in [0.29, 0.717) is 61.3 Å². The van der Waals surface area contributed by atoms with Crippen molar-refractivity contribution in [3.63, 3.8) is 0 Å². The highest BCUT2D eigenvalue weighted by atomic mass is 16.6.